The van der Waals surface area contributed by atoms with Gasteiger partial charge in [0.25, 0.3) is 0 Å². The molecule has 0 amide bonds. The third-order valence-corrected chi connectivity index (χ3v) is 10.8. The molecule has 226 valence electrons. The molecule has 1 atom stereocenters. The van der Waals surface area contributed by atoms with Gasteiger partial charge < -0.3 is 9.88 Å². The van der Waals surface area contributed by atoms with E-state index in [4.69, 9.17) is 4.99 Å². The van der Waals surface area contributed by atoms with Crippen LogP contribution >= 0.6 is 11.3 Å². The Morgan fingerprint density at radius 2 is 1.23 bits per heavy atom. The lowest BCUT2D eigenvalue weighted by Gasteiger charge is -2.25. The number of rotatable bonds is 4. The zero-order valence-electron chi connectivity index (χ0n) is 26.0. The van der Waals surface area contributed by atoms with E-state index in [1.165, 1.54) is 58.3 Å². The van der Waals surface area contributed by atoms with Gasteiger partial charge in [0, 0.05) is 53.0 Å². The molecule has 0 fully saturated rings. The van der Waals surface area contributed by atoms with Gasteiger partial charge in [-0.25, -0.2) is 4.99 Å². The average Bonchev–Trinajstić information content (AvgIpc) is 3.72. The Morgan fingerprint density at radius 1 is 0.562 bits per heavy atom. The number of hydrogen-bond acceptors (Lipinski definition) is 3. The van der Waals surface area contributed by atoms with Gasteiger partial charge in [0.05, 0.1) is 22.8 Å². The number of fused-ring (bicyclic) bond motifs is 10. The zero-order chi connectivity index (χ0) is 31.6. The van der Waals surface area contributed by atoms with E-state index in [0.717, 1.165) is 28.3 Å². The van der Waals surface area contributed by atoms with Crippen molar-refractivity contribution in [3.8, 4) is 5.69 Å². The van der Waals surface area contributed by atoms with Crippen LogP contribution in [-0.2, 0) is 0 Å². The van der Waals surface area contributed by atoms with Crippen LogP contribution in [-0.4, -0.2) is 10.4 Å². The second-order valence-electron chi connectivity index (χ2n) is 12.4. The Kier molecular flexibility index (Phi) is 6.11. The molecule has 1 N–H and O–H groups in total. The van der Waals surface area contributed by atoms with Crippen LogP contribution in [0.3, 0.4) is 0 Å². The van der Waals surface area contributed by atoms with Crippen molar-refractivity contribution in [2.24, 2.45) is 4.99 Å². The largest absolute Gasteiger partial charge is 0.359 e. The van der Waals surface area contributed by atoms with Crippen molar-refractivity contribution < 1.29 is 0 Å². The molecule has 2 aromatic heterocycles. The summed E-state index contributed by atoms with van der Waals surface area (Å²) in [6.45, 7) is 0. The molecule has 0 spiro atoms. The number of nitrogens with zero attached hydrogens (tertiary/aromatic N) is 2. The second-order valence-corrected chi connectivity index (χ2v) is 13.4. The summed E-state index contributed by atoms with van der Waals surface area (Å²) in [5.74, 6) is 0.865. The van der Waals surface area contributed by atoms with Crippen LogP contribution in [0.25, 0.3) is 64.1 Å². The van der Waals surface area contributed by atoms with Crippen LogP contribution in [0.2, 0.25) is 0 Å². The highest BCUT2D eigenvalue weighted by molar-refractivity contribution is 7.27. The highest BCUT2D eigenvalue weighted by atomic mass is 32.1. The Hall–Kier alpha value is -5.97. The fourth-order valence-electron chi connectivity index (χ4n) is 7.47. The van der Waals surface area contributed by atoms with Crippen molar-refractivity contribution in [2.45, 2.75) is 6.04 Å². The number of nitrogens with one attached hydrogen (secondary N) is 1. The molecule has 48 heavy (non-hydrogen) atoms. The van der Waals surface area contributed by atoms with Gasteiger partial charge >= 0.3 is 0 Å². The summed E-state index contributed by atoms with van der Waals surface area (Å²) in [6, 6.07) is 56.5. The molecule has 0 aliphatic carbocycles. The van der Waals surface area contributed by atoms with Crippen molar-refractivity contribution in [2.75, 3.05) is 0 Å². The fraction of sp³-hybridized carbons (Fsp3) is 0.0227. The van der Waals surface area contributed by atoms with Gasteiger partial charge in [0.2, 0.25) is 0 Å². The molecular weight excluding hydrogens is 603 g/mol. The molecule has 3 nitrogen and oxygen atoms in total. The van der Waals surface area contributed by atoms with E-state index in [1.54, 1.807) is 0 Å². The van der Waals surface area contributed by atoms with Crippen LogP contribution in [0.4, 0.5) is 0 Å². The van der Waals surface area contributed by atoms with Crippen LogP contribution in [0.15, 0.2) is 169 Å². The summed E-state index contributed by atoms with van der Waals surface area (Å²) in [5.41, 5.74) is 7.88. The van der Waals surface area contributed by atoms with Gasteiger partial charge in [0.1, 0.15) is 5.84 Å². The number of hydrogen-bond donors (Lipinski definition) is 1. The minimum Gasteiger partial charge on any atom is -0.359 e. The summed E-state index contributed by atoms with van der Waals surface area (Å²) in [5, 5.41) is 11.6. The van der Waals surface area contributed by atoms with Crippen molar-refractivity contribution >= 4 is 75.6 Å². The summed E-state index contributed by atoms with van der Waals surface area (Å²) in [4.78, 5) is 5.22. The standard InChI is InChI=1S/C44H29N3S/c1-3-14-28(15-4-1)36-27-37(29-16-5-2-6-17-29)46-44(45-36)30-18-13-19-31(26-30)47-38-24-11-9-22-34(38)40-41-35-23-10-12-25-39(35)48-43(41)33-21-8-7-20-32(33)42(40)47/h1-27,36H,(H,45,46). The number of thiophene rings is 1. The minimum atomic E-state index is -0.00472. The SMILES string of the molecule is C1=C(c2ccccc2)N=C(c2cccc(-n3c4ccccc4c4c5c6ccccc6sc5c5ccccc5c43)c2)NC1c1ccccc1. The Bertz CT molecular complexity index is 2750. The molecule has 7 aromatic carbocycles. The predicted octanol–water partition coefficient (Wildman–Crippen LogP) is 11.4. The van der Waals surface area contributed by atoms with E-state index in [0.29, 0.717) is 0 Å². The van der Waals surface area contributed by atoms with Crippen molar-refractivity contribution in [1.82, 2.24) is 9.88 Å². The first-order chi connectivity index (χ1) is 23.8. The highest BCUT2D eigenvalue weighted by Gasteiger charge is 2.23. The Labute approximate surface area is 281 Å². The maximum absolute atomic E-state index is 5.22. The summed E-state index contributed by atoms with van der Waals surface area (Å²) < 4.78 is 5.14. The van der Waals surface area contributed by atoms with Crippen LogP contribution in [0.5, 0.6) is 0 Å². The Balaban J connectivity index is 1.23. The monoisotopic (exact) mass is 631 g/mol. The van der Waals surface area contributed by atoms with Crippen molar-refractivity contribution in [3.63, 3.8) is 0 Å². The topological polar surface area (TPSA) is 29.3 Å². The maximum atomic E-state index is 5.22. The van der Waals surface area contributed by atoms with E-state index < -0.39 is 0 Å². The smallest absolute Gasteiger partial charge is 0.134 e. The van der Waals surface area contributed by atoms with Gasteiger partial charge in [-0.1, -0.05) is 133 Å². The minimum absolute atomic E-state index is 0.00472. The molecule has 1 aliphatic heterocycles. The van der Waals surface area contributed by atoms with Gasteiger partial charge in [-0.2, -0.15) is 0 Å². The van der Waals surface area contributed by atoms with E-state index >= 15 is 0 Å². The highest BCUT2D eigenvalue weighted by Crippen LogP contribution is 2.47. The van der Waals surface area contributed by atoms with E-state index in [-0.39, 0.29) is 6.04 Å². The first-order valence-corrected chi connectivity index (χ1v) is 17.2. The van der Waals surface area contributed by atoms with E-state index in [1.807, 2.05) is 11.3 Å². The van der Waals surface area contributed by atoms with Gasteiger partial charge in [-0.3, -0.25) is 0 Å². The molecule has 0 saturated carbocycles. The summed E-state index contributed by atoms with van der Waals surface area (Å²) >= 11 is 1.90. The lowest BCUT2D eigenvalue weighted by molar-refractivity contribution is 0.781. The number of benzene rings is 7. The molecule has 0 saturated heterocycles. The van der Waals surface area contributed by atoms with E-state index in [9.17, 15) is 0 Å². The molecular formula is C44H29N3S. The molecule has 10 rings (SSSR count). The van der Waals surface area contributed by atoms with Crippen LogP contribution in [0, 0.1) is 0 Å². The number of amidine groups is 1. The van der Waals surface area contributed by atoms with Gasteiger partial charge in [0.15, 0.2) is 0 Å². The third kappa shape index (κ3) is 4.16. The zero-order valence-corrected chi connectivity index (χ0v) is 26.8. The molecule has 9 aromatic rings. The average molecular weight is 632 g/mol. The normalized spacial score (nSPS) is 14.9. The van der Waals surface area contributed by atoms with E-state index in [2.05, 4.69) is 174 Å². The third-order valence-electron chi connectivity index (χ3n) is 9.60. The number of para-hydroxylation sites is 1. The molecule has 4 heteroatoms. The second kappa shape index (κ2) is 10.8. The molecule has 3 heterocycles. The lowest BCUT2D eigenvalue weighted by atomic mass is 9.99. The Morgan fingerprint density at radius 3 is 2.06 bits per heavy atom. The fourth-order valence-corrected chi connectivity index (χ4v) is 8.72. The summed E-state index contributed by atoms with van der Waals surface area (Å²) in [7, 11) is 0. The van der Waals surface area contributed by atoms with Crippen LogP contribution in [0.1, 0.15) is 22.7 Å². The van der Waals surface area contributed by atoms with Gasteiger partial charge in [-0.05, 0) is 41.5 Å². The first kappa shape index (κ1) is 27.2. The van der Waals surface area contributed by atoms with Crippen LogP contribution < -0.4 is 5.32 Å². The predicted molar refractivity (Wildman–Crippen MR) is 204 cm³/mol. The lowest BCUT2D eigenvalue weighted by Crippen LogP contribution is -2.31. The molecule has 1 unspecified atom stereocenters. The quantitative estimate of drug-likeness (QED) is 0.206. The number of aromatic nitrogens is 1. The molecule has 0 bridgehead atoms. The maximum Gasteiger partial charge on any atom is 0.134 e. The van der Waals surface area contributed by atoms with Crippen molar-refractivity contribution in [3.05, 3.63) is 180 Å². The van der Waals surface area contributed by atoms with Gasteiger partial charge in [-0.15, -0.1) is 11.3 Å². The first-order valence-electron chi connectivity index (χ1n) is 16.4. The van der Waals surface area contributed by atoms with Crippen molar-refractivity contribution in [1.29, 1.82) is 0 Å². The molecule has 0 radical (unpaired) electrons. The molecule has 1 aliphatic rings. The number of aliphatic imine (C=N–C) groups is 1. The summed E-state index contributed by atoms with van der Waals surface area (Å²) in [6.07, 6.45) is 2.23.